The van der Waals surface area contributed by atoms with Gasteiger partial charge in [0.25, 0.3) is 0 Å². The lowest BCUT2D eigenvalue weighted by Gasteiger charge is -2.30. The van der Waals surface area contributed by atoms with Gasteiger partial charge >= 0.3 is 24.1 Å². The standard InChI is InChI=1S/C35H49NO8.C30H47NO8/c1-23(2)29(33(37)26-13-16-31(41-6)32(19-26)42-18-10-17-40-5)20-27(14-15-28-21-30(24(3)4)34(38)44-28)36-35(39)43-22-25-11-8-7-9-12-25;1-18(2)21(27(32)20-11-12-24(36-9)26(15-20)37-14-10-13-35-8)16-23(31-29(34)39-30(5,6)7)25-17-22(19(3)4)28(33)38-25/h7-9,11-13,16,19,23-24,27-30H,10,14-15,17-18,20-22H2,1-6H3,(H,36,39);11-12,15,18-19,21-23,25H,10,13-14,16-17H2,1-9H3,(H,31,34)/t27-,28-,29+,30+;21-,22-,23-,25-/m10/s1. The number of hydrogen-bond donors (Lipinski definition) is 2. The van der Waals surface area contributed by atoms with Crippen LogP contribution in [0.25, 0.3) is 0 Å². The van der Waals surface area contributed by atoms with Crippen LogP contribution in [0.3, 0.4) is 0 Å². The van der Waals surface area contributed by atoms with Crippen LogP contribution in [0.15, 0.2) is 66.7 Å². The van der Waals surface area contributed by atoms with Crippen molar-refractivity contribution in [1.82, 2.24) is 10.6 Å². The van der Waals surface area contributed by atoms with Crippen LogP contribution in [-0.2, 0) is 44.6 Å². The summed E-state index contributed by atoms with van der Waals surface area (Å²) in [6.45, 7) is 23.4. The van der Waals surface area contributed by atoms with Gasteiger partial charge in [0.2, 0.25) is 0 Å². The molecule has 18 nitrogen and oxygen atoms in total. The molecule has 2 fully saturated rings. The summed E-state index contributed by atoms with van der Waals surface area (Å²) < 4.78 is 55.3. The molecule has 0 bridgehead atoms. The number of ketones is 2. The van der Waals surface area contributed by atoms with Gasteiger partial charge in [-0.3, -0.25) is 19.2 Å². The first-order valence-electron chi connectivity index (χ1n) is 29.4. The van der Waals surface area contributed by atoms with Crippen molar-refractivity contribution in [2.75, 3.05) is 54.9 Å². The van der Waals surface area contributed by atoms with Crippen molar-refractivity contribution in [3.8, 4) is 23.0 Å². The van der Waals surface area contributed by atoms with E-state index < -0.39 is 41.8 Å². The van der Waals surface area contributed by atoms with E-state index in [4.69, 9.17) is 47.4 Å². The van der Waals surface area contributed by atoms with E-state index in [1.54, 1.807) is 85.6 Å². The number of carbonyl (C=O) groups is 6. The first-order valence-corrected chi connectivity index (χ1v) is 29.4. The van der Waals surface area contributed by atoms with Gasteiger partial charge in [0.15, 0.2) is 34.6 Å². The van der Waals surface area contributed by atoms with Crippen LogP contribution in [-0.4, -0.2) is 120 Å². The van der Waals surface area contributed by atoms with Crippen molar-refractivity contribution < 1.29 is 76.1 Å². The highest BCUT2D eigenvalue weighted by molar-refractivity contribution is 5.99. The predicted molar refractivity (Wildman–Crippen MR) is 316 cm³/mol. The normalized spacial score (nSPS) is 18.3. The summed E-state index contributed by atoms with van der Waals surface area (Å²) in [5.41, 5.74) is 1.18. The Hall–Kier alpha value is -6.40. The summed E-state index contributed by atoms with van der Waals surface area (Å²) in [6, 6.07) is 18.9. The van der Waals surface area contributed by atoms with E-state index in [0.29, 0.717) is 105 Å². The second kappa shape index (κ2) is 34.4. The van der Waals surface area contributed by atoms with E-state index in [0.717, 1.165) is 5.56 Å². The Balaban J connectivity index is 0.000000359. The Labute approximate surface area is 493 Å². The fourth-order valence-corrected chi connectivity index (χ4v) is 10.2. The molecule has 5 rings (SSSR count). The van der Waals surface area contributed by atoms with E-state index in [-0.39, 0.29) is 84.2 Å². The summed E-state index contributed by atoms with van der Waals surface area (Å²) in [5.74, 6) is 0.527. The van der Waals surface area contributed by atoms with Crippen LogP contribution in [0, 0.1) is 47.3 Å². The first kappa shape index (κ1) is 69.1. The van der Waals surface area contributed by atoms with Crippen LogP contribution in [0.2, 0.25) is 0 Å². The second-order valence-corrected chi connectivity index (χ2v) is 24.0. The SMILES string of the molecule is COCCCOc1cc(C(=O)[C@@H](C[C@@H](CC[C@@H]2C[C@@H](C(C)C)C(=O)O2)NC(=O)OCc2ccccc2)C(C)C)ccc1OC.COCCCOc1cc(C(=O)[C@@H](C[C@H](NC(=O)OC(C)(C)C)[C@@H]2C[C@@H](C(C)C)C(=O)O2)C(C)C)ccc1OC. The maximum atomic E-state index is 13.9. The molecule has 0 spiro atoms. The molecule has 2 heterocycles. The van der Waals surface area contributed by atoms with Gasteiger partial charge in [-0.1, -0.05) is 85.7 Å². The van der Waals surface area contributed by atoms with Crippen molar-refractivity contribution in [2.45, 2.75) is 164 Å². The maximum absolute atomic E-state index is 13.9. The number of rotatable bonds is 32. The number of nitrogens with one attached hydrogen (secondary N) is 2. The van der Waals surface area contributed by atoms with Gasteiger partial charge in [0, 0.05) is 69.3 Å². The van der Waals surface area contributed by atoms with Gasteiger partial charge in [-0.05, 0) is 125 Å². The molecule has 2 amide bonds. The summed E-state index contributed by atoms with van der Waals surface area (Å²) in [6.07, 6.45) is 2.41. The third-order valence-electron chi connectivity index (χ3n) is 15.0. The van der Waals surface area contributed by atoms with Crippen molar-refractivity contribution in [3.05, 3.63) is 83.4 Å². The molecule has 0 aromatic heterocycles. The van der Waals surface area contributed by atoms with Crippen molar-refractivity contribution in [3.63, 3.8) is 0 Å². The Morgan fingerprint density at radius 2 is 1.11 bits per heavy atom. The quantitative estimate of drug-likeness (QED) is 0.0257. The van der Waals surface area contributed by atoms with Gasteiger partial charge in [-0.25, -0.2) is 9.59 Å². The Kier molecular flexibility index (Phi) is 28.6. The Morgan fingerprint density at radius 1 is 0.602 bits per heavy atom. The van der Waals surface area contributed by atoms with Crippen LogP contribution in [0.1, 0.15) is 154 Å². The molecule has 2 saturated heterocycles. The minimum Gasteiger partial charge on any atom is -0.493 e. The summed E-state index contributed by atoms with van der Waals surface area (Å²) in [7, 11) is 6.38. The number of Topliss-reactive ketones (excluding diaryl/α,β-unsaturated/α-hetero) is 2. The molecule has 3 aromatic rings. The molecule has 0 unspecified atom stereocenters. The minimum absolute atomic E-state index is 0.00468. The number of cyclic esters (lactones) is 2. The van der Waals surface area contributed by atoms with E-state index >= 15 is 0 Å². The zero-order valence-electron chi connectivity index (χ0n) is 52.0. The predicted octanol–water partition coefficient (Wildman–Crippen LogP) is 12.1. The zero-order valence-corrected chi connectivity index (χ0v) is 52.0. The van der Waals surface area contributed by atoms with Crippen LogP contribution in [0.4, 0.5) is 9.59 Å². The lowest BCUT2D eigenvalue weighted by Crippen LogP contribution is -2.47. The lowest BCUT2D eigenvalue weighted by molar-refractivity contribution is -0.146. The monoisotopic (exact) mass is 1160 g/mol. The molecular weight excluding hydrogens is 1060 g/mol. The average Bonchev–Trinajstić information content (AvgIpc) is 4.28. The number of carbonyl (C=O) groups excluding carboxylic acids is 6. The molecule has 462 valence electrons. The van der Waals surface area contributed by atoms with Crippen molar-refractivity contribution >= 4 is 35.7 Å². The number of ether oxygens (including phenoxy) is 10. The molecule has 2 aliphatic rings. The first-order chi connectivity index (χ1) is 39.4. The summed E-state index contributed by atoms with van der Waals surface area (Å²) >= 11 is 0. The summed E-state index contributed by atoms with van der Waals surface area (Å²) in [5, 5.41) is 5.92. The molecule has 2 N–H and O–H groups in total. The minimum atomic E-state index is -0.697. The van der Waals surface area contributed by atoms with Crippen molar-refractivity contribution in [2.24, 2.45) is 47.3 Å². The third-order valence-corrected chi connectivity index (χ3v) is 15.0. The van der Waals surface area contributed by atoms with Crippen molar-refractivity contribution in [1.29, 1.82) is 0 Å². The van der Waals surface area contributed by atoms with E-state index in [2.05, 4.69) is 10.6 Å². The van der Waals surface area contributed by atoms with Gasteiger partial charge in [0.05, 0.1) is 45.3 Å². The van der Waals surface area contributed by atoms with Crippen LogP contribution in [0.5, 0.6) is 23.0 Å². The van der Waals surface area contributed by atoms with Gasteiger partial charge in [-0.2, -0.15) is 0 Å². The third kappa shape index (κ3) is 22.6. The molecule has 0 saturated carbocycles. The Morgan fingerprint density at radius 3 is 1.57 bits per heavy atom. The largest absolute Gasteiger partial charge is 0.493 e. The Bertz CT molecular complexity index is 2510. The smallest absolute Gasteiger partial charge is 0.408 e. The van der Waals surface area contributed by atoms with Gasteiger partial charge in [0.1, 0.15) is 24.4 Å². The van der Waals surface area contributed by atoms with Gasteiger partial charge < -0.3 is 58.0 Å². The van der Waals surface area contributed by atoms with Crippen LogP contribution < -0.4 is 29.6 Å². The van der Waals surface area contributed by atoms with E-state index in [9.17, 15) is 28.8 Å². The zero-order chi connectivity index (χ0) is 61.4. The van der Waals surface area contributed by atoms with E-state index in [1.807, 2.05) is 85.7 Å². The molecule has 3 aromatic carbocycles. The summed E-state index contributed by atoms with van der Waals surface area (Å²) in [4.78, 5) is 78.4. The average molecular weight is 1160 g/mol. The van der Waals surface area contributed by atoms with E-state index in [1.165, 1.54) is 0 Å². The second-order valence-electron chi connectivity index (χ2n) is 24.0. The molecule has 8 atom stereocenters. The highest BCUT2D eigenvalue weighted by Gasteiger charge is 2.43. The molecular formula is C65H96N2O16. The molecule has 0 radical (unpaired) electrons. The number of benzene rings is 3. The molecule has 83 heavy (non-hydrogen) atoms. The van der Waals surface area contributed by atoms with Gasteiger partial charge in [-0.15, -0.1) is 0 Å². The highest BCUT2D eigenvalue weighted by atomic mass is 16.6. The number of alkyl carbamates (subject to hydrolysis) is 2. The lowest BCUT2D eigenvalue weighted by atomic mass is 9.80. The fourth-order valence-electron chi connectivity index (χ4n) is 10.2. The topological polar surface area (TPSA) is 219 Å². The molecule has 2 aliphatic heterocycles. The number of hydrogen-bond acceptors (Lipinski definition) is 16. The maximum Gasteiger partial charge on any atom is 0.408 e. The van der Waals surface area contributed by atoms with Crippen LogP contribution >= 0.6 is 0 Å². The molecule has 18 heteroatoms. The molecule has 0 aliphatic carbocycles. The number of amides is 2. The number of methoxy groups -OCH3 is 4. The number of esters is 2. The fraction of sp³-hybridized carbons (Fsp3) is 0.631. The highest BCUT2D eigenvalue weighted by Crippen LogP contribution is 2.37.